The monoisotopic (exact) mass is 386 g/mol. The van der Waals surface area contributed by atoms with Crippen molar-refractivity contribution in [3.05, 3.63) is 47.8 Å². The molecule has 148 valence electrons. The molecule has 3 rings (SSSR count). The fourth-order valence-corrected chi connectivity index (χ4v) is 3.14. The van der Waals surface area contributed by atoms with Crippen LogP contribution in [0.5, 0.6) is 11.5 Å². The quantitative estimate of drug-likeness (QED) is 0.657. The van der Waals surface area contributed by atoms with E-state index in [1.54, 1.807) is 30.3 Å². The number of carboxylic acid groups (broad SMARTS) is 1. The average Bonchev–Trinajstić information content (AvgIpc) is 3.42. The maximum Gasteiger partial charge on any atom is 0.306 e. The van der Waals surface area contributed by atoms with Crippen LogP contribution in [-0.2, 0) is 16.0 Å². The molecule has 0 saturated heterocycles. The number of aldehydes is 1. The van der Waals surface area contributed by atoms with E-state index in [0.717, 1.165) is 6.29 Å². The minimum atomic E-state index is -0.809. The first kappa shape index (κ1) is 19.9. The number of hydrogen-bond donors (Lipinski definition) is 1. The van der Waals surface area contributed by atoms with Gasteiger partial charge in [0, 0.05) is 23.5 Å². The number of carbonyl (C=O) groups is 2. The highest BCUT2D eigenvalue weighted by Gasteiger charge is 2.43. The van der Waals surface area contributed by atoms with Crippen LogP contribution in [0.1, 0.15) is 25.8 Å². The average molecular weight is 386 g/mol. The molecule has 2 aromatic rings. The molecule has 0 heterocycles. The normalized spacial score (nSPS) is 18.0. The highest BCUT2D eigenvalue weighted by molar-refractivity contribution is 5.73. The molecule has 2 aromatic carbocycles. The molecular formula is C22H23FO5. The Bertz CT molecular complexity index is 877. The second kappa shape index (κ2) is 8.42. The van der Waals surface area contributed by atoms with E-state index in [-0.39, 0.29) is 36.8 Å². The summed E-state index contributed by atoms with van der Waals surface area (Å²) in [7, 11) is 0. The standard InChI is InChI=1S/C22H23FO5/c1-13(2)28-17-4-5-20(23)18(11-17)14-3-6-21(15(9-14)7-8-24)27-12-16-10-19(16)22(25)26/h3-6,8-9,11,13,16,19H,7,10,12H2,1-2H3,(H,25,26). The van der Waals surface area contributed by atoms with Crippen LogP contribution in [0.15, 0.2) is 36.4 Å². The van der Waals surface area contributed by atoms with Gasteiger partial charge in [-0.1, -0.05) is 6.07 Å². The lowest BCUT2D eigenvalue weighted by Crippen LogP contribution is -2.07. The zero-order chi connectivity index (χ0) is 20.3. The SMILES string of the molecule is CC(C)Oc1ccc(F)c(-c2ccc(OCC3CC3C(=O)O)c(CC=O)c2)c1. The first-order valence-electron chi connectivity index (χ1n) is 9.27. The Morgan fingerprint density at radius 2 is 2.07 bits per heavy atom. The summed E-state index contributed by atoms with van der Waals surface area (Å²) in [4.78, 5) is 22.0. The molecule has 6 heteroatoms. The molecule has 1 aliphatic rings. The van der Waals surface area contributed by atoms with Gasteiger partial charge in [-0.2, -0.15) is 0 Å². The van der Waals surface area contributed by atoms with Crippen LogP contribution in [-0.4, -0.2) is 30.1 Å². The predicted molar refractivity (Wildman–Crippen MR) is 102 cm³/mol. The van der Waals surface area contributed by atoms with Crippen molar-refractivity contribution in [3.63, 3.8) is 0 Å². The molecule has 1 N–H and O–H groups in total. The number of carboxylic acids is 1. The Morgan fingerprint density at radius 3 is 2.71 bits per heavy atom. The Labute approximate surface area is 163 Å². The number of rotatable bonds is 9. The van der Waals surface area contributed by atoms with E-state index in [1.807, 2.05) is 13.8 Å². The van der Waals surface area contributed by atoms with Crippen LogP contribution >= 0.6 is 0 Å². The van der Waals surface area contributed by atoms with E-state index in [1.165, 1.54) is 6.07 Å². The summed E-state index contributed by atoms with van der Waals surface area (Å²) in [5.41, 5.74) is 1.63. The molecule has 0 spiro atoms. The Balaban J connectivity index is 1.82. The number of hydrogen-bond acceptors (Lipinski definition) is 4. The first-order chi connectivity index (χ1) is 13.4. The van der Waals surface area contributed by atoms with E-state index >= 15 is 0 Å². The summed E-state index contributed by atoms with van der Waals surface area (Å²) in [6.45, 7) is 4.08. The van der Waals surface area contributed by atoms with Gasteiger partial charge >= 0.3 is 5.97 Å². The topological polar surface area (TPSA) is 72.8 Å². The fourth-order valence-electron chi connectivity index (χ4n) is 3.14. The van der Waals surface area contributed by atoms with Crippen molar-refractivity contribution in [1.82, 2.24) is 0 Å². The van der Waals surface area contributed by atoms with E-state index in [2.05, 4.69) is 0 Å². The third kappa shape index (κ3) is 4.68. The summed E-state index contributed by atoms with van der Waals surface area (Å²) in [5, 5.41) is 8.98. The van der Waals surface area contributed by atoms with Gasteiger partial charge in [-0.15, -0.1) is 0 Å². The number of ether oxygens (including phenoxy) is 2. The second-order valence-electron chi connectivity index (χ2n) is 7.25. The van der Waals surface area contributed by atoms with Gasteiger partial charge < -0.3 is 19.4 Å². The van der Waals surface area contributed by atoms with Crippen LogP contribution in [0.25, 0.3) is 11.1 Å². The molecular weight excluding hydrogens is 363 g/mol. The minimum Gasteiger partial charge on any atom is -0.493 e. The van der Waals surface area contributed by atoms with Crippen molar-refractivity contribution in [2.24, 2.45) is 11.8 Å². The van der Waals surface area contributed by atoms with Gasteiger partial charge in [-0.25, -0.2) is 4.39 Å². The van der Waals surface area contributed by atoms with Gasteiger partial charge in [0.15, 0.2) is 0 Å². The molecule has 0 bridgehead atoms. The maximum atomic E-state index is 14.4. The smallest absolute Gasteiger partial charge is 0.306 e. The van der Waals surface area contributed by atoms with Crippen molar-refractivity contribution in [3.8, 4) is 22.6 Å². The molecule has 2 unspecified atom stereocenters. The highest BCUT2D eigenvalue weighted by atomic mass is 19.1. The third-order valence-corrected chi connectivity index (χ3v) is 4.68. The predicted octanol–water partition coefficient (Wildman–Crippen LogP) is 4.12. The number of halogens is 1. The van der Waals surface area contributed by atoms with Gasteiger partial charge in [-0.05, 0) is 56.2 Å². The lowest BCUT2D eigenvalue weighted by Gasteiger charge is -2.14. The molecule has 1 saturated carbocycles. The second-order valence-corrected chi connectivity index (χ2v) is 7.25. The Hall–Kier alpha value is -2.89. The number of carbonyl (C=O) groups excluding carboxylic acids is 1. The largest absolute Gasteiger partial charge is 0.493 e. The minimum absolute atomic E-state index is 0.0106. The summed E-state index contributed by atoms with van der Waals surface area (Å²) < 4.78 is 25.8. The molecule has 28 heavy (non-hydrogen) atoms. The van der Waals surface area contributed by atoms with Crippen LogP contribution in [0.3, 0.4) is 0 Å². The van der Waals surface area contributed by atoms with E-state index in [9.17, 15) is 14.0 Å². The van der Waals surface area contributed by atoms with E-state index in [4.69, 9.17) is 14.6 Å². The molecule has 0 amide bonds. The van der Waals surface area contributed by atoms with Crippen molar-refractivity contribution in [2.75, 3.05) is 6.61 Å². The van der Waals surface area contributed by atoms with Gasteiger partial charge in [0.25, 0.3) is 0 Å². The molecule has 2 atom stereocenters. The molecule has 1 fully saturated rings. The van der Waals surface area contributed by atoms with Gasteiger partial charge in [0.2, 0.25) is 0 Å². The summed E-state index contributed by atoms with van der Waals surface area (Å²) in [6.07, 6.45) is 1.46. The molecule has 0 aliphatic heterocycles. The van der Waals surface area contributed by atoms with E-state index < -0.39 is 5.97 Å². The van der Waals surface area contributed by atoms with E-state index in [0.29, 0.717) is 34.6 Å². The van der Waals surface area contributed by atoms with Crippen molar-refractivity contribution in [1.29, 1.82) is 0 Å². The fraction of sp³-hybridized carbons (Fsp3) is 0.364. The van der Waals surface area contributed by atoms with Crippen molar-refractivity contribution < 1.29 is 28.6 Å². The van der Waals surface area contributed by atoms with Gasteiger partial charge in [0.1, 0.15) is 23.6 Å². The van der Waals surface area contributed by atoms with Gasteiger partial charge in [0.05, 0.1) is 18.6 Å². The van der Waals surface area contributed by atoms with Crippen LogP contribution in [0.2, 0.25) is 0 Å². The Morgan fingerprint density at radius 1 is 1.29 bits per heavy atom. The van der Waals surface area contributed by atoms with Crippen molar-refractivity contribution >= 4 is 12.3 Å². The van der Waals surface area contributed by atoms with Crippen molar-refractivity contribution in [2.45, 2.75) is 32.8 Å². The Kier molecular flexibility index (Phi) is 5.97. The van der Waals surface area contributed by atoms with Crippen LogP contribution in [0, 0.1) is 17.7 Å². The number of aliphatic carboxylic acids is 1. The summed E-state index contributed by atoms with van der Waals surface area (Å²) in [6, 6.07) is 9.72. The lowest BCUT2D eigenvalue weighted by molar-refractivity contribution is -0.139. The molecule has 1 aliphatic carbocycles. The molecule has 5 nitrogen and oxygen atoms in total. The first-order valence-corrected chi connectivity index (χ1v) is 9.27. The summed E-state index contributed by atoms with van der Waals surface area (Å²) in [5.74, 6) is -0.478. The molecule has 0 aromatic heterocycles. The highest BCUT2D eigenvalue weighted by Crippen LogP contribution is 2.39. The molecule has 0 radical (unpaired) electrons. The zero-order valence-electron chi connectivity index (χ0n) is 15.9. The van der Waals surface area contributed by atoms with Crippen LogP contribution < -0.4 is 9.47 Å². The zero-order valence-corrected chi connectivity index (χ0v) is 15.9. The number of benzene rings is 2. The maximum absolute atomic E-state index is 14.4. The lowest BCUT2D eigenvalue weighted by atomic mass is 10.0. The summed E-state index contributed by atoms with van der Waals surface area (Å²) >= 11 is 0. The van der Waals surface area contributed by atoms with Crippen LogP contribution in [0.4, 0.5) is 4.39 Å². The van der Waals surface area contributed by atoms with Gasteiger partial charge in [-0.3, -0.25) is 4.79 Å². The third-order valence-electron chi connectivity index (χ3n) is 4.68.